The monoisotopic (exact) mass is 833 g/mol. The SMILES string of the molecule is C.C.C.CC(C)(C)C(CC(CO)C(=O)O)C(CO)OS(=O)(=O)O.CC(C)(C)C(CO)CC(CO)C(=O)O.[Y].[Y].[Y]. The quantitative estimate of drug-likeness (QED) is 0.133. The van der Waals surface area contributed by atoms with Gasteiger partial charge in [-0.25, -0.2) is 4.18 Å². The van der Waals surface area contributed by atoms with Gasteiger partial charge in [-0.1, -0.05) is 63.8 Å². The van der Waals surface area contributed by atoms with Crippen LogP contribution < -0.4 is 0 Å². The fraction of sp³-hybridized carbons (Fsp3) is 0.917. The van der Waals surface area contributed by atoms with Gasteiger partial charge < -0.3 is 30.6 Å². The molecule has 0 fully saturated rings. The van der Waals surface area contributed by atoms with Gasteiger partial charge in [0.2, 0.25) is 0 Å². The average Bonchev–Trinajstić information content (AvgIpc) is 2.65. The van der Waals surface area contributed by atoms with E-state index in [2.05, 4.69) is 4.18 Å². The molecule has 0 amide bonds. The molecule has 0 aromatic heterocycles. The molecule has 5 unspecified atom stereocenters. The molecule has 16 heteroatoms. The molecule has 0 aliphatic heterocycles. The Kier molecular flexibility index (Phi) is 43.4. The van der Waals surface area contributed by atoms with E-state index in [1.807, 2.05) is 20.8 Å². The van der Waals surface area contributed by atoms with Crippen LogP contribution in [0.1, 0.15) is 76.7 Å². The first kappa shape index (κ1) is 61.0. The molecule has 5 atom stereocenters. The third kappa shape index (κ3) is 27.5. The van der Waals surface area contributed by atoms with E-state index >= 15 is 0 Å². The number of rotatable bonds is 13. The molecule has 237 valence electrons. The standard InChI is InChI=1S/C11H22O8S.C10H20O4.3CH4.3Y/c1-11(2,3)8(4-7(5-12)10(14)15)9(6-13)19-20(16,17)18;1-10(2,3)8(6-12)4-7(5-11)9(13)14;;;;;;/h7-9,12-13H,4-6H2,1-3H3,(H,14,15)(H,16,17,18);7-8,11-12H,4-6H2,1-3H3,(H,13,14);3*1H4;;;. The minimum Gasteiger partial charge on any atom is -0.481 e. The van der Waals surface area contributed by atoms with Crippen molar-refractivity contribution in [3.05, 3.63) is 0 Å². The van der Waals surface area contributed by atoms with Crippen LogP contribution in [0.3, 0.4) is 0 Å². The van der Waals surface area contributed by atoms with Gasteiger partial charge in [0.1, 0.15) is 6.10 Å². The summed E-state index contributed by atoms with van der Waals surface area (Å²) in [5, 5.41) is 53.9. The molecule has 0 spiro atoms. The van der Waals surface area contributed by atoms with E-state index in [-0.39, 0.29) is 151 Å². The van der Waals surface area contributed by atoms with Crippen LogP contribution in [-0.2, 0) is 122 Å². The number of carboxylic acid groups (broad SMARTS) is 2. The molecule has 0 bridgehead atoms. The summed E-state index contributed by atoms with van der Waals surface area (Å²) in [6.45, 7) is 9.23. The summed E-state index contributed by atoms with van der Waals surface area (Å²) in [4.78, 5) is 21.6. The zero-order valence-electron chi connectivity index (χ0n) is 22.4. The van der Waals surface area contributed by atoms with Crippen molar-refractivity contribution in [1.29, 1.82) is 0 Å². The van der Waals surface area contributed by atoms with E-state index in [0.717, 1.165) is 0 Å². The Morgan fingerprint density at radius 2 is 1.02 bits per heavy atom. The molecule has 0 saturated carbocycles. The molecule has 12 nitrogen and oxygen atoms in total. The van der Waals surface area contributed by atoms with Crippen LogP contribution >= 0.6 is 0 Å². The van der Waals surface area contributed by atoms with Crippen molar-refractivity contribution >= 4 is 22.3 Å². The Morgan fingerprint density at radius 1 is 0.675 bits per heavy atom. The molecule has 0 heterocycles. The van der Waals surface area contributed by atoms with Gasteiger partial charge in [0.05, 0.1) is 31.7 Å². The number of hydrogen-bond acceptors (Lipinski definition) is 9. The van der Waals surface area contributed by atoms with E-state index in [9.17, 15) is 23.1 Å². The molecular formula is C24H54O12SY3. The summed E-state index contributed by atoms with van der Waals surface area (Å²) in [5.74, 6) is -4.93. The maximum atomic E-state index is 11.0. The van der Waals surface area contributed by atoms with Crippen molar-refractivity contribution in [3.8, 4) is 0 Å². The van der Waals surface area contributed by atoms with Crippen molar-refractivity contribution < 1.29 is 156 Å². The summed E-state index contributed by atoms with van der Waals surface area (Å²) in [5.41, 5.74) is -0.751. The maximum Gasteiger partial charge on any atom is 0.397 e. The van der Waals surface area contributed by atoms with E-state index in [4.69, 9.17) is 30.1 Å². The smallest absolute Gasteiger partial charge is 0.397 e. The molecule has 0 aliphatic carbocycles. The number of carboxylic acids is 2. The largest absolute Gasteiger partial charge is 0.481 e. The number of hydrogen-bond donors (Lipinski definition) is 7. The fourth-order valence-electron chi connectivity index (χ4n) is 3.30. The van der Waals surface area contributed by atoms with Crippen molar-refractivity contribution in [2.24, 2.45) is 34.5 Å². The summed E-state index contributed by atoms with van der Waals surface area (Å²) < 4.78 is 34.7. The van der Waals surface area contributed by atoms with Gasteiger partial charge in [0.25, 0.3) is 0 Å². The zero-order chi connectivity index (χ0) is 27.5. The molecule has 7 N–H and O–H groups in total. The van der Waals surface area contributed by atoms with E-state index in [0.29, 0.717) is 6.42 Å². The summed E-state index contributed by atoms with van der Waals surface area (Å²) in [6, 6.07) is 0. The minimum atomic E-state index is -4.77. The second-order valence-corrected chi connectivity index (χ2v) is 11.4. The van der Waals surface area contributed by atoms with E-state index in [1.54, 1.807) is 20.8 Å². The molecule has 3 radical (unpaired) electrons. The first-order valence-corrected chi connectivity index (χ1v) is 12.2. The van der Waals surface area contributed by atoms with Crippen LogP contribution in [0.4, 0.5) is 0 Å². The van der Waals surface area contributed by atoms with E-state index < -0.39 is 64.8 Å². The predicted octanol–water partition coefficient (Wildman–Crippen LogP) is 2.54. The van der Waals surface area contributed by atoms with Gasteiger partial charge >= 0.3 is 22.3 Å². The molecule has 0 saturated heterocycles. The van der Waals surface area contributed by atoms with Crippen LogP contribution in [0, 0.1) is 34.5 Å². The average molecular weight is 833 g/mol. The predicted molar refractivity (Wildman–Crippen MR) is 142 cm³/mol. The first-order valence-electron chi connectivity index (χ1n) is 10.8. The molecule has 0 aromatic carbocycles. The molecular weight excluding hydrogens is 779 g/mol. The number of carbonyl (C=O) groups is 2. The zero-order valence-corrected chi connectivity index (χ0v) is 31.8. The topological polar surface area (TPSA) is 219 Å². The number of aliphatic hydroxyl groups is 4. The van der Waals surface area contributed by atoms with Crippen LogP contribution in [0.15, 0.2) is 0 Å². The first-order chi connectivity index (χ1) is 15.2. The van der Waals surface area contributed by atoms with E-state index in [1.165, 1.54) is 0 Å². The van der Waals surface area contributed by atoms with Gasteiger partial charge in [-0.2, -0.15) is 8.42 Å². The Hall–Kier alpha value is 1.96. The van der Waals surface area contributed by atoms with Gasteiger partial charge in [-0.3, -0.25) is 14.1 Å². The second kappa shape index (κ2) is 28.4. The van der Waals surface area contributed by atoms with Crippen molar-refractivity contribution in [1.82, 2.24) is 0 Å². The molecule has 40 heavy (non-hydrogen) atoms. The molecule has 0 rings (SSSR count). The summed E-state index contributed by atoms with van der Waals surface area (Å²) >= 11 is 0. The Morgan fingerprint density at radius 3 is 1.23 bits per heavy atom. The van der Waals surface area contributed by atoms with Crippen molar-refractivity contribution in [2.45, 2.75) is 82.8 Å². The molecule has 0 aliphatic rings. The normalized spacial score (nSPS) is 14.5. The summed E-state index contributed by atoms with van der Waals surface area (Å²) in [7, 11) is -4.77. The van der Waals surface area contributed by atoms with Gasteiger partial charge in [-0.15, -0.1) is 0 Å². The van der Waals surface area contributed by atoms with Crippen molar-refractivity contribution in [2.75, 3.05) is 26.4 Å². The van der Waals surface area contributed by atoms with Crippen LogP contribution in [0.5, 0.6) is 0 Å². The van der Waals surface area contributed by atoms with Gasteiger partial charge in [-0.05, 0) is 35.5 Å². The second-order valence-electron chi connectivity index (χ2n) is 10.4. The minimum absolute atomic E-state index is 0. The maximum absolute atomic E-state index is 11.0. The Labute approximate surface area is 317 Å². The van der Waals surface area contributed by atoms with Crippen molar-refractivity contribution in [3.63, 3.8) is 0 Å². The Balaban J connectivity index is -0.0000000773. The number of aliphatic hydroxyl groups excluding tert-OH is 4. The molecule has 0 aromatic rings. The third-order valence-electron chi connectivity index (χ3n) is 5.68. The summed E-state index contributed by atoms with van der Waals surface area (Å²) in [6.07, 6.45) is -1.08. The Bertz CT molecular complexity index is 726. The van der Waals surface area contributed by atoms with Crippen LogP contribution in [0.2, 0.25) is 0 Å². The fourth-order valence-corrected chi connectivity index (χ4v) is 3.81. The van der Waals surface area contributed by atoms with Gasteiger partial charge in [0.15, 0.2) is 0 Å². The third-order valence-corrected chi connectivity index (χ3v) is 6.17. The van der Waals surface area contributed by atoms with Crippen LogP contribution in [0.25, 0.3) is 0 Å². The number of aliphatic carboxylic acids is 2. The van der Waals surface area contributed by atoms with Crippen LogP contribution in [-0.4, -0.2) is 88.1 Å². The van der Waals surface area contributed by atoms with Gasteiger partial charge in [0, 0.05) is 105 Å².